The van der Waals surface area contributed by atoms with Gasteiger partial charge in [0.25, 0.3) is 0 Å². The Bertz CT molecular complexity index is 190. The summed E-state index contributed by atoms with van der Waals surface area (Å²) in [5.74, 6) is 0.735. The number of hydrogen-bond acceptors (Lipinski definition) is 2. The van der Waals surface area contributed by atoms with Crippen LogP contribution in [-0.4, -0.2) is 10.6 Å². The molecule has 0 aliphatic heterocycles. The number of nitrogens with zero attached hydrogens (tertiary/aromatic N) is 2. The molecule has 2 aliphatic carbocycles. The largest absolute Gasteiger partial charge is 1.00 e. The second-order valence-corrected chi connectivity index (χ2v) is 3.71. The zero-order chi connectivity index (χ0) is 7.90. The fraction of sp³-hybridized carbons (Fsp3) is 1.00. The molecule has 2 bridgehead atoms. The van der Waals surface area contributed by atoms with Gasteiger partial charge in [-0.15, -0.1) is 0 Å². The minimum Gasteiger partial charge on any atom is -0.372 e. The van der Waals surface area contributed by atoms with E-state index in [0.29, 0.717) is 0 Å². The summed E-state index contributed by atoms with van der Waals surface area (Å²) in [6, 6.07) is 0. The van der Waals surface area contributed by atoms with Crippen LogP contribution in [0.5, 0.6) is 0 Å². The molecule has 0 amide bonds. The molecule has 4 nitrogen and oxygen atoms in total. The van der Waals surface area contributed by atoms with E-state index >= 15 is 0 Å². The normalized spacial score (nSPS) is 37.5. The molecule has 0 spiro atoms. The topological polar surface area (TPSA) is 57.2 Å². The maximum Gasteiger partial charge on any atom is 1.00 e. The third-order valence-corrected chi connectivity index (χ3v) is 3.00. The van der Waals surface area contributed by atoms with Crippen LogP contribution in [0, 0.1) is 16.0 Å². The molecule has 2 saturated carbocycles. The fourth-order valence-electron chi connectivity index (χ4n) is 2.47. The van der Waals surface area contributed by atoms with E-state index in [1.54, 1.807) is 0 Å². The summed E-state index contributed by atoms with van der Waals surface area (Å²) in [7, 11) is 0. The van der Waals surface area contributed by atoms with Crippen LogP contribution in [-0.2, 0) is 0 Å². The van der Waals surface area contributed by atoms with Crippen LogP contribution in [0.15, 0.2) is 0 Å². The molecule has 12 heavy (non-hydrogen) atoms. The fourth-order valence-corrected chi connectivity index (χ4v) is 2.47. The van der Waals surface area contributed by atoms with Gasteiger partial charge in [-0.3, -0.25) is 10.1 Å². The van der Waals surface area contributed by atoms with Gasteiger partial charge in [0.2, 0.25) is 0 Å². The average molecular weight is 178 g/mol. The van der Waals surface area contributed by atoms with Crippen LogP contribution in [0.3, 0.4) is 0 Å². The van der Waals surface area contributed by atoms with Gasteiger partial charge >= 0.3 is 29.6 Å². The molecule has 0 heterocycles. The summed E-state index contributed by atoms with van der Waals surface area (Å²) in [6.45, 7) is 0. The second-order valence-electron chi connectivity index (χ2n) is 3.71. The summed E-state index contributed by atoms with van der Waals surface area (Å²) in [5.41, 5.74) is 3.35. The van der Waals surface area contributed by atoms with Crippen LogP contribution >= 0.6 is 0 Å². The molecule has 2 rings (SSSR count). The van der Waals surface area contributed by atoms with Gasteiger partial charge < -0.3 is 5.43 Å². The Morgan fingerprint density at radius 2 is 2.00 bits per heavy atom. The van der Waals surface area contributed by atoms with Crippen molar-refractivity contribution in [3.8, 4) is 0 Å². The zero-order valence-corrected chi connectivity index (χ0v) is 9.32. The maximum absolute atomic E-state index is 10.2. The van der Waals surface area contributed by atoms with Crippen LogP contribution in [0.2, 0.25) is 0 Å². The van der Waals surface area contributed by atoms with Gasteiger partial charge in [0.05, 0.1) is 0 Å². The molecule has 0 radical (unpaired) electrons. The molecule has 2 fully saturated rings. The molecule has 2 aliphatic rings. The van der Waals surface area contributed by atoms with E-state index < -0.39 is 5.03 Å². The molecule has 0 atom stereocenters. The predicted molar refractivity (Wildman–Crippen MR) is 39.7 cm³/mol. The number of rotatable bonds is 2. The van der Waals surface area contributed by atoms with Crippen LogP contribution in [0.1, 0.15) is 32.1 Å². The summed E-state index contributed by atoms with van der Waals surface area (Å²) >= 11 is 0. The SMILES string of the molecule is O=[N+]([O-])[N-]C12CCC(CC1)C2.[Na+]. The molecule has 0 aromatic carbocycles. The molecule has 0 unspecified atom stereocenters. The Morgan fingerprint density at radius 3 is 2.33 bits per heavy atom. The first kappa shape index (κ1) is 10.3. The molecule has 0 aromatic rings. The average Bonchev–Trinajstić information content (AvgIpc) is 2.43. The Balaban J connectivity index is 0.000000720. The maximum atomic E-state index is 10.2. The van der Waals surface area contributed by atoms with E-state index in [2.05, 4.69) is 5.43 Å². The van der Waals surface area contributed by atoms with Gasteiger partial charge in [0.15, 0.2) is 0 Å². The van der Waals surface area contributed by atoms with Crippen LogP contribution in [0.25, 0.3) is 5.43 Å². The molecule has 5 heteroatoms. The minimum atomic E-state index is -0.506. The minimum absolute atomic E-state index is 0. The molecule has 0 N–H and O–H groups in total. The molecule has 62 valence electrons. The first-order valence-electron chi connectivity index (χ1n) is 4.07. The monoisotopic (exact) mass is 178 g/mol. The standard InChI is InChI=1S/C7H11N2O2.Na/c10-9(11)8-7-3-1-6(5-7)2-4-7;/h6H,1-5H2;/q-1;+1. The number of fused-ring (bicyclic) bond motifs is 2. The Labute approximate surface area is 93.5 Å². The van der Waals surface area contributed by atoms with Crippen LogP contribution < -0.4 is 29.6 Å². The smallest absolute Gasteiger partial charge is 0.372 e. The summed E-state index contributed by atoms with van der Waals surface area (Å²) < 4.78 is 0. The van der Waals surface area contributed by atoms with Gasteiger partial charge in [-0.05, 0) is 11.0 Å². The molecular weight excluding hydrogens is 167 g/mol. The van der Waals surface area contributed by atoms with E-state index in [0.717, 1.165) is 38.0 Å². The van der Waals surface area contributed by atoms with Crippen molar-refractivity contribution in [3.63, 3.8) is 0 Å². The predicted octanol–water partition coefficient (Wildman–Crippen LogP) is -1.11. The van der Waals surface area contributed by atoms with E-state index in [-0.39, 0.29) is 35.1 Å². The van der Waals surface area contributed by atoms with Gasteiger partial charge in [-0.2, -0.15) is 0 Å². The Kier molecular flexibility index (Phi) is 3.01. The first-order valence-corrected chi connectivity index (χ1v) is 4.07. The molecular formula is C7H11N2NaO2. The number of nitro groups is 1. The van der Waals surface area contributed by atoms with Crippen molar-refractivity contribution in [1.29, 1.82) is 0 Å². The molecule has 0 saturated heterocycles. The van der Waals surface area contributed by atoms with Crippen molar-refractivity contribution in [3.05, 3.63) is 15.5 Å². The van der Waals surface area contributed by atoms with E-state index in [1.807, 2.05) is 0 Å². The van der Waals surface area contributed by atoms with Crippen LogP contribution in [0.4, 0.5) is 0 Å². The summed E-state index contributed by atoms with van der Waals surface area (Å²) in [6.07, 6.45) is 5.15. The summed E-state index contributed by atoms with van der Waals surface area (Å²) in [5, 5.41) is 9.67. The zero-order valence-electron chi connectivity index (χ0n) is 7.32. The van der Waals surface area contributed by atoms with Gasteiger partial charge in [-0.25, -0.2) is 0 Å². The van der Waals surface area contributed by atoms with Crippen molar-refractivity contribution in [2.45, 2.75) is 37.6 Å². The molecule has 0 aromatic heterocycles. The Morgan fingerprint density at radius 1 is 1.42 bits per heavy atom. The van der Waals surface area contributed by atoms with Crippen molar-refractivity contribution >= 4 is 0 Å². The quantitative estimate of drug-likeness (QED) is 0.306. The van der Waals surface area contributed by atoms with E-state index in [9.17, 15) is 10.1 Å². The second kappa shape index (κ2) is 3.52. The van der Waals surface area contributed by atoms with Crippen molar-refractivity contribution in [2.24, 2.45) is 5.92 Å². The van der Waals surface area contributed by atoms with Gasteiger partial charge in [0, 0.05) is 0 Å². The van der Waals surface area contributed by atoms with Gasteiger partial charge in [0.1, 0.15) is 0 Å². The third kappa shape index (κ3) is 1.75. The van der Waals surface area contributed by atoms with Gasteiger partial charge in [-0.1, -0.05) is 37.6 Å². The first-order chi connectivity index (χ1) is 5.20. The third-order valence-electron chi connectivity index (χ3n) is 3.00. The summed E-state index contributed by atoms with van der Waals surface area (Å²) in [4.78, 5) is 10.2. The van der Waals surface area contributed by atoms with E-state index in [4.69, 9.17) is 0 Å². The van der Waals surface area contributed by atoms with Crippen molar-refractivity contribution in [2.75, 3.05) is 0 Å². The van der Waals surface area contributed by atoms with E-state index in [1.165, 1.54) is 0 Å². The van der Waals surface area contributed by atoms with Crippen molar-refractivity contribution in [1.82, 2.24) is 0 Å². The number of hydrogen-bond donors (Lipinski definition) is 0. The van der Waals surface area contributed by atoms with Crippen molar-refractivity contribution < 1.29 is 34.6 Å². The Hall–Kier alpha value is 0.200.